The quantitative estimate of drug-likeness (QED) is 0.320. The number of nitrogens with zero attached hydrogens (tertiary/aromatic N) is 4. The minimum absolute atomic E-state index is 0.0764. The van der Waals surface area contributed by atoms with Crippen molar-refractivity contribution in [3.8, 4) is 0 Å². The number of hydrogen-bond acceptors (Lipinski definition) is 7. The van der Waals surface area contributed by atoms with Gasteiger partial charge >= 0.3 is 6.09 Å². The van der Waals surface area contributed by atoms with Gasteiger partial charge in [-0.1, -0.05) is 44.4 Å². The van der Waals surface area contributed by atoms with Gasteiger partial charge in [-0.2, -0.15) is 0 Å². The average Bonchev–Trinajstić information content (AvgIpc) is 3.48. The molecule has 2 unspecified atom stereocenters. The van der Waals surface area contributed by atoms with Gasteiger partial charge in [0.2, 0.25) is 0 Å². The van der Waals surface area contributed by atoms with E-state index >= 15 is 4.39 Å². The summed E-state index contributed by atoms with van der Waals surface area (Å²) in [5, 5.41) is 6.20. The van der Waals surface area contributed by atoms with Crippen LogP contribution in [-0.2, 0) is 17.1 Å². The standard InChI is InChI=1S/C29H37F2N7O2/c1-16-11-13-18(14-12-16)15-38-22-23(32-17(2)19-7-6-8-19)33-25(26-36-28(39)40-37-26)34-24(22)35-27(38)29(3,31)20-9-4-5-10-21(20)30/h4-5,9-10,16-19,26,37H,6-8,11-15H2,1-3H3,(H,36,39)(H,32,33,34)/t16?,17-,18?,26?,29?/m1/s1. The fourth-order valence-corrected chi connectivity index (χ4v) is 6.23. The molecule has 1 aromatic carbocycles. The molecule has 1 aliphatic heterocycles. The van der Waals surface area contributed by atoms with E-state index in [1.54, 1.807) is 12.1 Å². The van der Waals surface area contributed by atoms with E-state index in [-0.39, 0.29) is 28.9 Å². The molecular weight excluding hydrogens is 516 g/mol. The van der Waals surface area contributed by atoms with Crippen LogP contribution >= 0.6 is 0 Å². The van der Waals surface area contributed by atoms with Crippen LogP contribution in [0.1, 0.15) is 89.1 Å². The smallest absolute Gasteiger partial charge is 0.365 e. The van der Waals surface area contributed by atoms with Gasteiger partial charge < -0.3 is 14.7 Å². The second kappa shape index (κ2) is 10.6. The minimum Gasteiger partial charge on any atom is -0.365 e. The van der Waals surface area contributed by atoms with Crippen LogP contribution in [0, 0.1) is 23.6 Å². The maximum atomic E-state index is 16.9. The Morgan fingerprint density at radius 3 is 2.55 bits per heavy atom. The molecule has 9 nitrogen and oxygen atoms in total. The second-order valence-electron chi connectivity index (χ2n) is 12.0. The molecule has 0 radical (unpaired) electrons. The highest BCUT2D eigenvalue weighted by atomic mass is 19.1. The first-order valence-corrected chi connectivity index (χ1v) is 14.4. The Hall–Kier alpha value is -3.34. The van der Waals surface area contributed by atoms with Gasteiger partial charge in [0.1, 0.15) is 11.3 Å². The van der Waals surface area contributed by atoms with Gasteiger partial charge in [0.25, 0.3) is 0 Å². The van der Waals surface area contributed by atoms with Gasteiger partial charge in [-0.25, -0.2) is 28.5 Å². The first kappa shape index (κ1) is 26.9. The van der Waals surface area contributed by atoms with Gasteiger partial charge in [-0.15, -0.1) is 5.48 Å². The second-order valence-corrected chi connectivity index (χ2v) is 12.0. The Kier molecular flexibility index (Phi) is 7.10. The molecule has 2 aliphatic carbocycles. The van der Waals surface area contributed by atoms with Crippen LogP contribution in [0.5, 0.6) is 0 Å². The highest BCUT2D eigenvalue weighted by molar-refractivity contribution is 5.84. The fraction of sp³-hybridized carbons (Fsp3) is 0.586. The largest absolute Gasteiger partial charge is 0.427 e. The third-order valence-electron chi connectivity index (χ3n) is 9.01. The topological polar surface area (TPSA) is 106 Å². The predicted molar refractivity (Wildman–Crippen MR) is 146 cm³/mol. The summed E-state index contributed by atoms with van der Waals surface area (Å²) in [4.78, 5) is 30.8. The molecular formula is C29H37F2N7O2. The number of halogens is 2. The average molecular weight is 554 g/mol. The Bertz CT molecular complexity index is 1400. The summed E-state index contributed by atoms with van der Waals surface area (Å²) in [6.07, 6.45) is 6.31. The zero-order valence-corrected chi connectivity index (χ0v) is 23.2. The third kappa shape index (κ3) is 5.00. The van der Waals surface area contributed by atoms with E-state index in [2.05, 4.69) is 34.9 Å². The predicted octanol–water partition coefficient (Wildman–Crippen LogP) is 5.87. The molecule has 3 aliphatic rings. The third-order valence-corrected chi connectivity index (χ3v) is 9.01. The number of alkyl halides is 1. The fourth-order valence-electron chi connectivity index (χ4n) is 6.23. The van der Waals surface area contributed by atoms with E-state index < -0.39 is 23.7 Å². The van der Waals surface area contributed by atoms with Crippen molar-refractivity contribution >= 4 is 23.1 Å². The van der Waals surface area contributed by atoms with E-state index in [0.29, 0.717) is 35.6 Å². The Morgan fingerprint density at radius 2 is 1.90 bits per heavy atom. The summed E-state index contributed by atoms with van der Waals surface area (Å²) >= 11 is 0. The molecule has 214 valence electrons. The molecule has 1 amide bonds. The lowest BCUT2D eigenvalue weighted by molar-refractivity contribution is 0.120. The Balaban J connectivity index is 1.51. The van der Waals surface area contributed by atoms with E-state index in [4.69, 9.17) is 14.8 Å². The van der Waals surface area contributed by atoms with Gasteiger partial charge in [0.05, 0.1) is 0 Å². The Morgan fingerprint density at radius 1 is 1.15 bits per heavy atom. The van der Waals surface area contributed by atoms with Gasteiger partial charge in [-0.05, 0) is 63.4 Å². The molecule has 6 rings (SSSR count). The van der Waals surface area contributed by atoms with Crippen LogP contribution in [0.25, 0.3) is 11.2 Å². The van der Waals surface area contributed by atoms with Crippen LogP contribution in [0.3, 0.4) is 0 Å². The van der Waals surface area contributed by atoms with Gasteiger partial charge in [0, 0.05) is 18.2 Å². The summed E-state index contributed by atoms with van der Waals surface area (Å²) < 4.78 is 33.7. The number of nitrogens with one attached hydrogen (secondary N) is 3. The SMILES string of the molecule is CC1CCC(Cn2c(C(C)(F)c3ccccc3F)nc3nc(C4NOC(=O)N4)nc(N[C@H](C)C4CCC4)c32)CC1. The number of carbonyl (C=O) groups is 1. The highest BCUT2D eigenvalue weighted by Crippen LogP contribution is 2.40. The maximum absolute atomic E-state index is 16.9. The highest BCUT2D eigenvalue weighted by Gasteiger charge is 2.39. The summed E-state index contributed by atoms with van der Waals surface area (Å²) in [7, 11) is 0. The molecule has 11 heteroatoms. The summed E-state index contributed by atoms with van der Waals surface area (Å²) in [5.41, 5.74) is 1.17. The molecule has 3 fully saturated rings. The van der Waals surface area contributed by atoms with E-state index in [1.165, 1.54) is 25.5 Å². The normalized spacial score (nSPS) is 25.6. The van der Waals surface area contributed by atoms with Crippen LogP contribution in [0.4, 0.5) is 19.4 Å². The van der Waals surface area contributed by atoms with Crippen molar-refractivity contribution in [2.24, 2.45) is 17.8 Å². The monoisotopic (exact) mass is 553 g/mol. The number of imidazole rings is 1. The van der Waals surface area contributed by atoms with Crippen LogP contribution < -0.4 is 16.1 Å². The molecule has 0 spiro atoms. The Labute approximate surface area is 232 Å². The van der Waals surface area contributed by atoms with Crippen molar-refractivity contribution in [1.29, 1.82) is 0 Å². The molecule has 3 aromatic rings. The summed E-state index contributed by atoms with van der Waals surface area (Å²) in [6.45, 7) is 6.28. The number of anilines is 1. The summed E-state index contributed by atoms with van der Waals surface area (Å²) in [5.74, 6) is 1.73. The maximum Gasteiger partial charge on any atom is 0.427 e. The molecule has 3 N–H and O–H groups in total. The lowest BCUT2D eigenvalue weighted by Crippen LogP contribution is -2.32. The van der Waals surface area contributed by atoms with Crippen LogP contribution in [0.15, 0.2) is 24.3 Å². The molecule has 3 heterocycles. The van der Waals surface area contributed by atoms with Crippen molar-refractivity contribution in [2.75, 3.05) is 5.32 Å². The molecule has 40 heavy (non-hydrogen) atoms. The van der Waals surface area contributed by atoms with Crippen molar-refractivity contribution in [3.05, 3.63) is 47.3 Å². The zero-order chi connectivity index (χ0) is 28.0. The van der Waals surface area contributed by atoms with Gasteiger partial charge in [-0.3, -0.25) is 5.32 Å². The number of carbonyl (C=O) groups excluding carboxylic acids is 1. The summed E-state index contributed by atoms with van der Waals surface area (Å²) in [6, 6.07) is 6.03. The van der Waals surface area contributed by atoms with Crippen molar-refractivity contribution in [3.63, 3.8) is 0 Å². The van der Waals surface area contributed by atoms with E-state index in [1.807, 2.05) is 4.57 Å². The number of fused-ring (bicyclic) bond motifs is 1. The number of amides is 1. The van der Waals surface area contributed by atoms with Crippen LogP contribution in [-0.4, -0.2) is 31.7 Å². The first-order valence-electron chi connectivity index (χ1n) is 14.4. The molecule has 1 saturated heterocycles. The van der Waals surface area contributed by atoms with Crippen LogP contribution in [0.2, 0.25) is 0 Å². The number of benzene rings is 1. The molecule has 0 bridgehead atoms. The lowest BCUT2D eigenvalue weighted by Gasteiger charge is -2.33. The number of rotatable bonds is 8. The van der Waals surface area contributed by atoms with E-state index in [0.717, 1.165) is 38.5 Å². The number of hydrogen-bond donors (Lipinski definition) is 3. The lowest BCUT2D eigenvalue weighted by atomic mass is 9.80. The van der Waals surface area contributed by atoms with E-state index in [9.17, 15) is 9.18 Å². The molecule has 3 atom stereocenters. The van der Waals surface area contributed by atoms with Gasteiger partial charge in [0.15, 0.2) is 34.9 Å². The molecule has 2 saturated carbocycles. The number of aromatic nitrogens is 4. The zero-order valence-electron chi connectivity index (χ0n) is 23.2. The molecule has 2 aromatic heterocycles. The van der Waals surface area contributed by atoms with Crippen molar-refractivity contribution < 1.29 is 18.4 Å². The van der Waals surface area contributed by atoms with Crippen molar-refractivity contribution in [2.45, 2.75) is 90.1 Å². The minimum atomic E-state index is -2.23. The first-order chi connectivity index (χ1) is 19.2. The van der Waals surface area contributed by atoms with Crippen molar-refractivity contribution in [1.82, 2.24) is 30.3 Å². The number of hydroxylamine groups is 1.